The first-order valence-electron chi connectivity index (χ1n) is 10.4. The number of thiazole rings is 1. The fourth-order valence-electron chi connectivity index (χ4n) is 4.14. The van der Waals surface area contributed by atoms with Crippen molar-refractivity contribution >= 4 is 28.8 Å². The summed E-state index contributed by atoms with van der Waals surface area (Å²) in [4.78, 5) is 34.1. The molecule has 0 spiro atoms. The number of rotatable bonds is 5. The van der Waals surface area contributed by atoms with E-state index in [9.17, 15) is 9.59 Å². The van der Waals surface area contributed by atoms with Crippen LogP contribution >= 0.6 is 11.3 Å². The van der Waals surface area contributed by atoms with Crippen molar-refractivity contribution in [3.63, 3.8) is 0 Å². The van der Waals surface area contributed by atoms with Gasteiger partial charge in [0.2, 0.25) is 5.91 Å². The third kappa shape index (κ3) is 5.03. The second-order valence-corrected chi connectivity index (χ2v) is 9.04. The number of carbonyl (C=O) groups excluding carboxylic acids is 2. The van der Waals surface area contributed by atoms with E-state index in [4.69, 9.17) is 0 Å². The smallest absolute Gasteiger partial charge is 0.253 e. The molecule has 1 aromatic carbocycles. The zero-order valence-electron chi connectivity index (χ0n) is 16.9. The van der Waals surface area contributed by atoms with Gasteiger partial charge in [-0.25, -0.2) is 4.98 Å². The number of hydrogen-bond acceptors (Lipinski definition) is 5. The van der Waals surface area contributed by atoms with Gasteiger partial charge in [0.15, 0.2) is 0 Å². The Morgan fingerprint density at radius 3 is 2.62 bits per heavy atom. The van der Waals surface area contributed by atoms with E-state index in [-0.39, 0.29) is 17.7 Å². The van der Waals surface area contributed by atoms with Gasteiger partial charge in [0.05, 0.1) is 10.7 Å². The number of nitrogens with zero attached hydrogens (tertiary/aromatic N) is 3. The predicted octanol–water partition coefficient (Wildman–Crippen LogP) is 3.54. The topological polar surface area (TPSA) is 65.5 Å². The van der Waals surface area contributed by atoms with E-state index in [0.29, 0.717) is 11.3 Å². The van der Waals surface area contributed by atoms with Gasteiger partial charge in [0.25, 0.3) is 5.91 Å². The number of piperidine rings is 1. The first-order chi connectivity index (χ1) is 14.1. The molecule has 0 atom stereocenters. The van der Waals surface area contributed by atoms with Gasteiger partial charge >= 0.3 is 0 Å². The third-order valence-electron chi connectivity index (χ3n) is 5.78. The summed E-state index contributed by atoms with van der Waals surface area (Å²) in [5.74, 6) is 0.130. The molecule has 0 saturated carbocycles. The van der Waals surface area contributed by atoms with Gasteiger partial charge in [-0.15, -0.1) is 11.3 Å². The summed E-state index contributed by atoms with van der Waals surface area (Å²) < 4.78 is 0. The molecule has 1 aromatic heterocycles. The largest absolute Gasteiger partial charge is 0.339 e. The number of aryl methyl sites for hydroxylation is 1. The molecular weight excluding hydrogens is 384 g/mol. The first-order valence-corrected chi connectivity index (χ1v) is 11.3. The summed E-state index contributed by atoms with van der Waals surface area (Å²) in [5, 5.41) is 6.24. The van der Waals surface area contributed by atoms with Gasteiger partial charge in [-0.2, -0.15) is 0 Å². The molecule has 2 saturated heterocycles. The van der Waals surface area contributed by atoms with E-state index < -0.39 is 0 Å². The minimum absolute atomic E-state index is 0.0151. The lowest BCUT2D eigenvalue weighted by Gasteiger charge is -2.30. The molecule has 2 aromatic rings. The Labute approximate surface area is 175 Å². The second-order valence-electron chi connectivity index (χ2n) is 7.98. The van der Waals surface area contributed by atoms with E-state index >= 15 is 0 Å². The van der Waals surface area contributed by atoms with Crippen molar-refractivity contribution in [3.05, 3.63) is 45.9 Å². The molecule has 2 aliphatic rings. The normalized spacial score (nSPS) is 18.2. The van der Waals surface area contributed by atoms with Crippen LogP contribution in [0.4, 0.5) is 5.69 Å². The molecule has 0 radical (unpaired) electrons. The van der Waals surface area contributed by atoms with Crippen molar-refractivity contribution < 1.29 is 9.59 Å². The lowest BCUT2D eigenvalue weighted by atomic mass is 9.95. The van der Waals surface area contributed by atoms with Crippen molar-refractivity contribution in [1.29, 1.82) is 0 Å². The van der Waals surface area contributed by atoms with Crippen LogP contribution in [-0.2, 0) is 11.3 Å². The van der Waals surface area contributed by atoms with Crippen LogP contribution in [0.2, 0.25) is 0 Å². The summed E-state index contributed by atoms with van der Waals surface area (Å²) in [5.41, 5.74) is 2.48. The average molecular weight is 413 g/mol. The Morgan fingerprint density at radius 1 is 1.17 bits per heavy atom. The molecule has 154 valence electrons. The SMILES string of the molecule is Cc1nc(CN2CCC(C(=O)Nc3cccc(C(=O)N4CCCC4)c3)CC2)cs1. The summed E-state index contributed by atoms with van der Waals surface area (Å²) in [6, 6.07) is 7.34. The number of carbonyl (C=O) groups is 2. The Balaban J connectivity index is 1.29. The highest BCUT2D eigenvalue weighted by Crippen LogP contribution is 2.22. The summed E-state index contributed by atoms with van der Waals surface area (Å²) in [7, 11) is 0. The number of anilines is 1. The predicted molar refractivity (Wildman–Crippen MR) is 115 cm³/mol. The quantitative estimate of drug-likeness (QED) is 0.816. The molecule has 6 nitrogen and oxygen atoms in total. The van der Waals surface area contributed by atoms with E-state index in [1.165, 1.54) is 0 Å². The van der Waals surface area contributed by atoms with Crippen LogP contribution in [0, 0.1) is 12.8 Å². The van der Waals surface area contributed by atoms with Crippen LogP contribution in [0.1, 0.15) is 46.7 Å². The third-order valence-corrected chi connectivity index (χ3v) is 6.60. The molecule has 1 N–H and O–H groups in total. The number of benzene rings is 1. The fraction of sp³-hybridized carbons (Fsp3) is 0.500. The summed E-state index contributed by atoms with van der Waals surface area (Å²) in [6.07, 6.45) is 3.84. The summed E-state index contributed by atoms with van der Waals surface area (Å²) >= 11 is 1.68. The van der Waals surface area contributed by atoms with Gasteiger partial charge < -0.3 is 10.2 Å². The lowest BCUT2D eigenvalue weighted by molar-refractivity contribution is -0.121. The van der Waals surface area contributed by atoms with Crippen LogP contribution in [0.3, 0.4) is 0 Å². The molecule has 0 unspecified atom stereocenters. The maximum Gasteiger partial charge on any atom is 0.253 e. The van der Waals surface area contributed by atoms with Gasteiger partial charge in [-0.1, -0.05) is 6.07 Å². The highest BCUT2D eigenvalue weighted by atomic mass is 32.1. The van der Waals surface area contributed by atoms with Crippen LogP contribution in [0.25, 0.3) is 0 Å². The van der Waals surface area contributed by atoms with E-state index in [0.717, 1.165) is 69.1 Å². The molecule has 3 heterocycles. The van der Waals surface area contributed by atoms with Gasteiger partial charge in [-0.3, -0.25) is 14.5 Å². The number of amides is 2. The lowest BCUT2D eigenvalue weighted by Crippen LogP contribution is -2.37. The molecule has 4 rings (SSSR count). The van der Waals surface area contributed by atoms with Crippen molar-refractivity contribution in [2.24, 2.45) is 5.92 Å². The number of aromatic nitrogens is 1. The number of likely N-dealkylation sites (tertiary alicyclic amines) is 2. The maximum absolute atomic E-state index is 12.7. The van der Waals surface area contributed by atoms with E-state index in [2.05, 4.69) is 20.6 Å². The average Bonchev–Trinajstić information content (AvgIpc) is 3.40. The number of nitrogens with one attached hydrogen (secondary N) is 1. The Bertz CT molecular complexity index is 867. The maximum atomic E-state index is 12.7. The van der Waals surface area contributed by atoms with Crippen molar-refractivity contribution in [3.8, 4) is 0 Å². The van der Waals surface area contributed by atoms with Gasteiger partial charge in [0.1, 0.15) is 0 Å². The van der Waals surface area contributed by atoms with E-state index in [1.54, 1.807) is 17.4 Å². The van der Waals surface area contributed by atoms with Crippen LogP contribution in [0.5, 0.6) is 0 Å². The molecule has 2 fully saturated rings. The molecular formula is C22H28N4O2S. The Kier molecular flexibility index (Phi) is 6.25. The molecule has 29 heavy (non-hydrogen) atoms. The van der Waals surface area contributed by atoms with Crippen molar-refractivity contribution in [1.82, 2.24) is 14.8 Å². The molecule has 0 aliphatic carbocycles. The summed E-state index contributed by atoms with van der Waals surface area (Å²) in [6.45, 7) is 6.35. The Morgan fingerprint density at radius 2 is 1.93 bits per heavy atom. The number of hydrogen-bond donors (Lipinski definition) is 1. The highest BCUT2D eigenvalue weighted by Gasteiger charge is 2.26. The van der Waals surface area contributed by atoms with Crippen molar-refractivity contribution in [2.45, 2.75) is 39.2 Å². The minimum Gasteiger partial charge on any atom is -0.339 e. The van der Waals surface area contributed by atoms with Crippen LogP contribution in [0.15, 0.2) is 29.6 Å². The minimum atomic E-state index is 0.0151. The zero-order chi connectivity index (χ0) is 20.2. The monoisotopic (exact) mass is 412 g/mol. The molecule has 2 aliphatic heterocycles. The second kappa shape index (κ2) is 9.05. The van der Waals surface area contributed by atoms with Crippen LogP contribution in [-0.4, -0.2) is 52.8 Å². The molecule has 2 amide bonds. The fourth-order valence-corrected chi connectivity index (χ4v) is 4.74. The molecule has 0 bridgehead atoms. The zero-order valence-corrected chi connectivity index (χ0v) is 17.7. The van der Waals surface area contributed by atoms with Crippen molar-refractivity contribution in [2.75, 3.05) is 31.5 Å². The standard InChI is InChI=1S/C22H28N4O2S/c1-16-23-20(15-29-16)14-25-11-7-17(8-12-25)21(27)24-19-6-4-5-18(13-19)22(28)26-9-2-3-10-26/h4-6,13,15,17H,2-3,7-12,14H2,1H3,(H,24,27). The first kappa shape index (κ1) is 20.0. The van der Waals surface area contributed by atoms with E-state index in [1.807, 2.05) is 30.0 Å². The van der Waals surface area contributed by atoms with Gasteiger partial charge in [-0.05, 0) is 63.9 Å². The molecule has 7 heteroatoms. The Hall–Kier alpha value is -2.25. The van der Waals surface area contributed by atoms with Gasteiger partial charge in [0, 0.05) is 42.2 Å². The highest BCUT2D eigenvalue weighted by molar-refractivity contribution is 7.09. The van der Waals surface area contributed by atoms with Crippen LogP contribution < -0.4 is 5.32 Å².